The van der Waals surface area contributed by atoms with Gasteiger partial charge in [0.15, 0.2) is 11.5 Å². The first-order valence-electron chi connectivity index (χ1n) is 6.89. The Morgan fingerprint density at radius 2 is 1.15 bits per heavy atom. The molecule has 0 saturated heterocycles. The van der Waals surface area contributed by atoms with Crippen LogP contribution in [0.2, 0.25) is 0 Å². The van der Waals surface area contributed by atoms with Crippen LogP contribution in [0.25, 0.3) is 0 Å². The molecule has 20 heavy (non-hydrogen) atoms. The summed E-state index contributed by atoms with van der Waals surface area (Å²) in [6.07, 6.45) is 0. The molecule has 1 aromatic carbocycles. The number of nitrogens with one attached hydrogen (secondary N) is 2. The van der Waals surface area contributed by atoms with Crippen LogP contribution < -0.4 is 22.1 Å². The molecule has 0 aliphatic rings. The van der Waals surface area contributed by atoms with Crippen LogP contribution >= 0.6 is 0 Å². The van der Waals surface area contributed by atoms with Gasteiger partial charge in [0.05, 0.1) is 0 Å². The molecule has 0 spiro atoms. The molecule has 8 N–H and O–H groups in total. The van der Waals surface area contributed by atoms with Gasteiger partial charge in [0, 0.05) is 50.4 Å². The Morgan fingerprint density at radius 3 is 1.45 bits per heavy atom. The molecule has 6 nitrogen and oxygen atoms in total. The first kappa shape index (κ1) is 16.7. The summed E-state index contributed by atoms with van der Waals surface area (Å²) in [7, 11) is 0. The number of aromatic hydroxyl groups is 2. The van der Waals surface area contributed by atoms with E-state index in [0.29, 0.717) is 39.3 Å². The third-order valence-corrected chi connectivity index (χ3v) is 3.51. The summed E-state index contributed by atoms with van der Waals surface area (Å²) in [4.78, 5) is 0. The zero-order chi connectivity index (χ0) is 15.1. The minimum absolute atomic E-state index is 0.0535. The molecule has 0 bridgehead atoms. The predicted octanol–water partition coefficient (Wildman–Crippen LogP) is -0.189. The Balaban J connectivity index is 3.00. The predicted molar refractivity (Wildman–Crippen MR) is 80.8 cm³/mol. The Labute approximate surface area is 120 Å². The summed E-state index contributed by atoms with van der Waals surface area (Å²) in [5.74, 6) is -0.107. The molecule has 0 amide bonds. The van der Waals surface area contributed by atoms with Crippen molar-refractivity contribution in [3.63, 3.8) is 0 Å². The molecule has 0 radical (unpaired) electrons. The molecular formula is C14H26N4O2. The molecule has 1 rings (SSSR count). The first-order valence-corrected chi connectivity index (χ1v) is 6.89. The van der Waals surface area contributed by atoms with Crippen molar-refractivity contribution in [2.45, 2.75) is 26.9 Å². The van der Waals surface area contributed by atoms with Crippen LogP contribution in [-0.4, -0.2) is 36.4 Å². The number of phenolic OH excluding ortho intramolecular Hbond substituents is 2. The van der Waals surface area contributed by atoms with Crippen LogP contribution in [0.1, 0.15) is 22.3 Å². The second kappa shape index (κ2) is 8.06. The molecule has 0 heterocycles. The van der Waals surface area contributed by atoms with Gasteiger partial charge in [0.2, 0.25) is 0 Å². The summed E-state index contributed by atoms with van der Waals surface area (Å²) in [6.45, 7) is 7.26. The van der Waals surface area contributed by atoms with E-state index in [1.807, 2.05) is 13.8 Å². The Hall–Kier alpha value is -1.34. The number of hydrogen-bond donors (Lipinski definition) is 6. The third kappa shape index (κ3) is 3.83. The standard InChI is InChI=1S/C14H26N4O2/c1-9-10(2)12(8-18-6-4-16)14(20)13(19)11(9)7-17-5-3-15/h17-20H,3-8,15-16H2,1-2H3. The van der Waals surface area contributed by atoms with Crippen molar-refractivity contribution in [3.05, 3.63) is 22.3 Å². The fraction of sp³-hybridized carbons (Fsp3) is 0.571. The molecular weight excluding hydrogens is 256 g/mol. The normalized spacial score (nSPS) is 11.0. The van der Waals surface area contributed by atoms with E-state index in [1.165, 1.54) is 0 Å². The van der Waals surface area contributed by atoms with Crippen molar-refractivity contribution >= 4 is 0 Å². The number of hydrogen-bond acceptors (Lipinski definition) is 6. The quantitative estimate of drug-likeness (QED) is 0.291. The highest BCUT2D eigenvalue weighted by Crippen LogP contribution is 2.38. The van der Waals surface area contributed by atoms with E-state index in [-0.39, 0.29) is 11.5 Å². The Morgan fingerprint density at radius 1 is 0.800 bits per heavy atom. The Bertz CT molecular complexity index is 379. The van der Waals surface area contributed by atoms with Crippen molar-refractivity contribution in [2.24, 2.45) is 11.5 Å². The Kier molecular flexibility index (Phi) is 6.74. The van der Waals surface area contributed by atoms with Gasteiger partial charge in [-0.15, -0.1) is 0 Å². The number of nitrogens with two attached hydrogens (primary N) is 2. The topological polar surface area (TPSA) is 117 Å². The van der Waals surface area contributed by atoms with E-state index in [1.54, 1.807) is 0 Å². The van der Waals surface area contributed by atoms with Gasteiger partial charge in [-0.2, -0.15) is 0 Å². The van der Waals surface area contributed by atoms with Gasteiger partial charge in [0.25, 0.3) is 0 Å². The number of rotatable bonds is 8. The van der Waals surface area contributed by atoms with E-state index in [0.717, 1.165) is 22.3 Å². The number of benzene rings is 1. The van der Waals surface area contributed by atoms with Crippen LogP contribution in [0.3, 0.4) is 0 Å². The average molecular weight is 282 g/mol. The van der Waals surface area contributed by atoms with Crippen LogP contribution in [0, 0.1) is 13.8 Å². The second-order valence-corrected chi connectivity index (χ2v) is 4.84. The van der Waals surface area contributed by atoms with E-state index < -0.39 is 0 Å². The highest BCUT2D eigenvalue weighted by Gasteiger charge is 2.18. The summed E-state index contributed by atoms with van der Waals surface area (Å²) >= 11 is 0. The van der Waals surface area contributed by atoms with Crippen LogP contribution in [0.5, 0.6) is 11.5 Å². The van der Waals surface area contributed by atoms with Gasteiger partial charge >= 0.3 is 0 Å². The minimum Gasteiger partial charge on any atom is -0.504 e. The minimum atomic E-state index is -0.0535. The average Bonchev–Trinajstić information content (AvgIpc) is 2.44. The molecule has 114 valence electrons. The van der Waals surface area contributed by atoms with Gasteiger partial charge in [-0.1, -0.05) is 0 Å². The fourth-order valence-electron chi connectivity index (χ4n) is 2.16. The zero-order valence-corrected chi connectivity index (χ0v) is 12.3. The van der Waals surface area contributed by atoms with Crippen molar-refractivity contribution in [1.29, 1.82) is 0 Å². The molecule has 0 atom stereocenters. The first-order chi connectivity index (χ1) is 9.54. The lowest BCUT2D eigenvalue weighted by atomic mass is 9.95. The maximum atomic E-state index is 10.2. The van der Waals surface area contributed by atoms with Crippen molar-refractivity contribution in [1.82, 2.24) is 10.6 Å². The van der Waals surface area contributed by atoms with Crippen molar-refractivity contribution < 1.29 is 10.2 Å². The lowest BCUT2D eigenvalue weighted by Gasteiger charge is -2.18. The van der Waals surface area contributed by atoms with Crippen molar-refractivity contribution in [2.75, 3.05) is 26.2 Å². The molecule has 6 heteroatoms. The maximum Gasteiger partial charge on any atom is 0.162 e. The summed E-state index contributed by atoms with van der Waals surface area (Å²) in [5.41, 5.74) is 14.3. The smallest absolute Gasteiger partial charge is 0.162 e. The van der Waals surface area contributed by atoms with E-state index in [9.17, 15) is 10.2 Å². The lowest BCUT2D eigenvalue weighted by Crippen LogP contribution is -2.24. The SMILES string of the molecule is Cc1c(C)c(CNCCN)c(O)c(O)c1CNCCN. The molecule has 0 unspecified atom stereocenters. The molecule has 0 saturated carbocycles. The zero-order valence-electron chi connectivity index (χ0n) is 12.3. The van der Waals surface area contributed by atoms with Gasteiger partial charge < -0.3 is 32.3 Å². The highest BCUT2D eigenvalue weighted by molar-refractivity contribution is 5.57. The van der Waals surface area contributed by atoms with Crippen LogP contribution in [0.4, 0.5) is 0 Å². The summed E-state index contributed by atoms with van der Waals surface area (Å²) in [5, 5.41) is 26.6. The molecule has 0 aliphatic carbocycles. The van der Waals surface area contributed by atoms with Gasteiger partial charge in [-0.05, 0) is 25.0 Å². The van der Waals surface area contributed by atoms with Gasteiger partial charge in [0.1, 0.15) is 0 Å². The number of phenols is 2. The van der Waals surface area contributed by atoms with Gasteiger partial charge in [-0.3, -0.25) is 0 Å². The van der Waals surface area contributed by atoms with E-state index in [2.05, 4.69) is 10.6 Å². The monoisotopic (exact) mass is 282 g/mol. The highest BCUT2D eigenvalue weighted by atomic mass is 16.3. The van der Waals surface area contributed by atoms with Crippen LogP contribution in [0.15, 0.2) is 0 Å². The van der Waals surface area contributed by atoms with Crippen LogP contribution in [-0.2, 0) is 13.1 Å². The summed E-state index contributed by atoms with van der Waals surface area (Å²) in [6, 6.07) is 0. The summed E-state index contributed by atoms with van der Waals surface area (Å²) < 4.78 is 0. The molecule has 0 aliphatic heterocycles. The molecule has 0 fully saturated rings. The maximum absolute atomic E-state index is 10.2. The fourth-order valence-corrected chi connectivity index (χ4v) is 2.16. The second-order valence-electron chi connectivity index (χ2n) is 4.84. The lowest BCUT2D eigenvalue weighted by molar-refractivity contribution is 0.391. The van der Waals surface area contributed by atoms with E-state index >= 15 is 0 Å². The molecule has 0 aromatic heterocycles. The van der Waals surface area contributed by atoms with Crippen molar-refractivity contribution in [3.8, 4) is 11.5 Å². The largest absolute Gasteiger partial charge is 0.504 e. The van der Waals surface area contributed by atoms with E-state index in [4.69, 9.17) is 11.5 Å². The molecule has 1 aromatic rings. The van der Waals surface area contributed by atoms with Gasteiger partial charge in [-0.25, -0.2) is 0 Å². The third-order valence-electron chi connectivity index (χ3n) is 3.51.